The molecule has 2 aliphatic carbocycles. The molecule has 0 spiro atoms. The van der Waals surface area contributed by atoms with Crippen LogP contribution in [0.25, 0.3) is 0 Å². The molecule has 0 radical (unpaired) electrons. The third kappa shape index (κ3) is 3.71. The summed E-state index contributed by atoms with van der Waals surface area (Å²) in [7, 11) is 0. The summed E-state index contributed by atoms with van der Waals surface area (Å²) in [6.45, 7) is 2.22. The van der Waals surface area contributed by atoms with Crippen molar-refractivity contribution in [3.05, 3.63) is 62.4 Å². The number of imide groups is 1. The van der Waals surface area contributed by atoms with Crippen molar-refractivity contribution in [1.29, 1.82) is 0 Å². The number of thioether (sulfide) groups is 1. The molecule has 6 nitrogen and oxygen atoms in total. The molecule has 40 heavy (non-hydrogen) atoms. The number of nitrogens with zero attached hydrogens (tertiary/aromatic N) is 1. The fourth-order valence-corrected chi connectivity index (χ4v) is 10.8. The highest BCUT2D eigenvalue weighted by Gasteiger charge is 2.69. The van der Waals surface area contributed by atoms with Crippen molar-refractivity contribution in [2.24, 2.45) is 29.6 Å². The van der Waals surface area contributed by atoms with Crippen molar-refractivity contribution in [2.75, 3.05) is 11.5 Å². The Hall–Kier alpha value is -2.83. The van der Waals surface area contributed by atoms with Gasteiger partial charge in [-0.2, -0.15) is 13.2 Å². The standard InChI is InChI=1S/C28H23F3N2O4S3/c1-2-37-17-8-11(6-7-16(17)34)18-19-14-10-15(22(19)39-24-23(18)40-27(38)32-24)21-20(14)25(35)33(26(21)36)13-5-3-4-12(9-13)28(29,30)31/h3-9,14-15,18-22,34H,2,10H2,1H3,(H,32,38). The van der Waals surface area contributed by atoms with Gasteiger partial charge < -0.3 is 14.8 Å². The van der Waals surface area contributed by atoms with E-state index in [0.717, 1.165) is 32.5 Å². The smallest absolute Gasteiger partial charge is 0.416 e. The summed E-state index contributed by atoms with van der Waals surface area (Å²) in [5.74, 6) is -1.94. The van der Waals surface area contributed by atoms with Gasteiger partial charge in [-0.05, 0) is 79.2 Å². The lowest BCUT2D eigenvalue weighted by molar-refractivity contribution is -0.137. The summed E-state index contributed by atoms with van der Waals surface area (Å²) in [4.78, 5) is 32.9. The van der Waals surface area contributed by atoms with Crippen molar-refractivity contribution in [3.63, 3.8) is 0 Å². The molecule has 2 saturated carbocycles. The lowest BCUT2D eigenvalue weighted by atomic mass is 9.68. The number of rotatable bonds is 4. The number of hydrogen-bond donors (Lipinski definition) is 2. The highest BCUT2D eigenvalue weighted by molar-refractivity contribution is 8.00. The number of anilines is 1. The molecule has 2 amide bonds. The molecule has 7 unspecified atom stereocenters. The molecule has 2 aliphatic heterocycles. The fraction of sp³-hybridized carbons (Fsp3) is 0.393. The van der Waals surface area contributed by atoms with Crippen LogP contribution in [0.3, 0.4) is 0 Å². The molecule has 208 valence electrons. The monoisotopic (exact) mass is 604 g/mol. The molecule has 7 atom stereocenters. The number of thiazole rings is 1. The largest absolute Gasteiger partial charge is 0.504 e. The van der Waals surface area contributed by atoms with Crippen LogP contribution < -0.4 is 9.64 Å². The van der Waals surface area contributed by atoms with E-state index in [1.807, 2.05) is 19.1 Å². The molecular formula is C28H23F3N2O4S3. The van der Waals surface area contributed by atoms with Crippen LogP contribution >= 0.6 is 35.3 Å². The molecule has 12 heteroatoms. The molecular weight excluding hydrogens is 582 g/mol. The van der Waals surface area contributed by atoms with Gasteiger partial charge in [0.1, 0.15) is 0 Å². The minimum Gasteiger partial charge on any atom is -0.504 e. The third-order valence-electron chi connectivity index (χ3n) is 8.80. The van der Waals surface area contributed by atoms with E-state index < -0.39 is 35.4 Å². The van der Waals surface area contributed by atoms with Crippen molar-refractivity contribution < 1.29 is 32.6 Å². The number of hydrogen-bond acceptors (Lipinski definition) is 7. The minimum atomic E-state index is -4.59. The number of amides is 2. The number of phenolic OH excluding ortho intramolecular Hbond substituents is 1. The van der Waals surface area contributed by atoms with Crippen molar-refractivity contribution in [1.82, 2.24) is 4.98 Å². The minimum absolute atomic E-state index is 0.00225. The van der Waals surface area contributed by atoms with Gasteiger partial charge in [0.2, 0.25) is 11.8 Å². The van der Waals surface area contributed by atoms with Crippen molar-refractivity contribution >= 4 is 52.8 Å². The summed E-state index contributed by atoms with van der Waals surface area (Å²) in [6.07, 6.45) is -3.88. The summed E-state index contributed by atoms with van der Waals surface area (Å²) in [5.41, 5.74) is -0.000385. The zero-order valence-corrected chi connectivity index (χ0v) is 23.4. The van der Waals surface area contributed by atoms with Gasteiger partial charge in [0, 0.05) is 16.0 Å². The normalized spacial score (nSPS) is 30.4. The highest BCUT2D eigenvalue weighted by atomic mass is 32.2. The first kappa shape index (κ1) is 26.1. The van der Waals surface area contributed by atoms with Crippen LogP contribution in [0, 0.1) is 33.5 Å². The van der Waals surface area contributed by atoms with Gasteiger partial charge in [0.15, 0.2) is 15.5 Å². The van der Waals surface area contributed by atoms with Crippen molar-refractivity contribution in [3.8, 4) is 11.5 Å². The maximum absolute atomic E-state index is 13.8. The lowest BCUT2D eigenvalue weighted by Gasteiger charge is -2.43. The highest BCUT2D eigenvalue weighted by Crippen LogP contribution is 2.69. The number of aromatic nitrogens is 1. The lowest BCUT2D eigenvalue weighted by Crippen LogP contribution is -2.42. The number of phenols is 1. The van der Waals surface area contributed by atoms with Gasteiger partial charge in [0.05, 0.1) is 34.7 Å². The van der Waals surface area contributed by atoms with Crippen LogP contribution in [-0.2, 0) is 15.8 Å². The molecule has 3 aromatic rings. The topological polar surface area (TPSA) is 82.6 Å². The Morgan fingerprint density at radius 1 is 1.12 bits per heavy atom. The number of fused-ring (bicyclic) bond motifs is 9. The first-order chi connectivity index (χ1) is 19.1. The number of H-pyrrole nitrogens is 1. The molecule has 3 heterocycles. The first-order valence-electron chi connectivity index (χ1n) is 13.0. The van der Waals surface area contributed by atoms with Crippen molar-refractivity contribution in [2.45, 2.75) is 35.7 Å². The Labute approximate surface area is 240 Å². The molecule has 2 aromatic carbocycles. The Bertz CT molecular complexity index is 1620. The Balaban J connectivity index is 1.30. The molecule has 2 bridgehead atoms. The van der Waals surface area contributed by atoms with Crippen LogP contribution in [0.5, 0.6) is 11.5 Å². The van der Waals surface area contributed by atoms with Crippen LogP contribution in [0.4, 0.5) is 18.9 Å². The van der Waals surface area contributed by atoms with Crippen LogP contribution in [0.2, 0.25) is 0 Å². The SMILES string of the molecule is CCOc1cc(C2c3sc(=S)[nH]c3SC3C4CC(C5C(=O)N(c6cccc(C(F)(F)F)c6)C(=O)C45)C23)ccc1O. The third-order valence-corrected chi connectivity index (χ3v) is 11.7. The van der Waals surface area contributed by atoms with Crippen LogP contribution in [0.15, 0.2) is 47.5 Å². The van der Waals surface area contributed by atoms with Crippen LogP contribution in [-0.4, -0.2) is 33.8 Å². The van der Waals surface area contributed by atoms with E-state index in [1.165, 1.54) is 23.5 Å². The second kappa shape index (κ2) is 9.09. The number of aromatic amines is 1. The van der Waals surface area contributed by atoms with E-state index in [9.17, 15) is 27.9 Å². The maximum atomic E-state index is 13.8. The molecule has 1 saturated heterocycles. The zero-order valence-electron chi connectivity index (χ0n) is 21.0. The van der Waals surface area contributed by atoms with Gasteiger partial charge in [-0.15, -0.1) is 23.1 Å². The Morgan fingerprint density at radius 3 is 2.60 bits per heavy atom. The molecule has 1 aromatic heterocycles. The number of carbonyl (C=O) groups is 2. The van der Waals surface area contributed by atoms with E-state index in [4.69, 9.17) is 17.0 Å². The second-order valence-electron chi connectivity index (χ2n) is 10.7. The zero-order chi connectivity index (χ0) is 28.1. The van der Waals surface area contributed by atoms with E-state index >= 15 is 0 Å². The summed E-state index contributed by atoms with van der Waals surface area (Å²) >= 11 is 8.64. The van der Waals surface area contributed by atoms with E-state index in [1.54, 1.807) is 17.8 Å². The molecule has 3 fully saturated rings. The number of benzene rings is 2. The number of nitrogens with one attached hydrogen (secondary N) is 1. The molecule has 2 N–H and O–H groups in total. The van der Waals surface area contributed by atoms with Crippen LogP contribution in [0.1, 0.15) is 35.3 Å². The number of ether oxygens (including phenoxy) is 1. The van der Waals surface area contributed by atoms with Gasteiger partial charge in [0.25, 0.3) is 0 Å². The maximum Gasteiger partial charge on any atom is 0.416 e. The number of alkyl halides is 3. The summed E-state index contributed by atoms with van der Waals surface area (Å²) in [5, 5.41) is 11.3. The second-order valence-corrected chi connectivity index (χ2v) is 13.6. The Morgan fingerprint density at radius 2 is 1.88 bits per heavy atom. The van der Waals surface area contributed by atoms with Gasteiger partial charge in [-0.25, -0.2) is 0 Å². The van der Waals surface area contributed by atoms with Gasteiger partial charge >= 0.3 is 6.18 Å². The van der Waals surface area contributed by atoms with Gasteiger partial charge in [-0.1, -0.05) is 12.1 Å². The number of aromatic hydroxyl groups is 1. The quantitative estimate of drug-likeness (QED) is 0.258. The van der Waals surface area contributed by atoms with E-state index in [0.29, 0.717) is 22.7 Å². The van der Waals surface area contributed by atoms with E-state index in [2.05, 4.69) is 4.98 Å². The fourth-order valence-electron chi connectivity index (χ4n) is 7.46. The predicted octanol–water partition coefficient (Wildman–Crippen LogP) is 6.61. The summed E-state index contributed by atoms with van der Waals surface area (Å²) < 4.78 is 46.6. The average molecular weight is 605 g/mol. The Kier molecular flexibility index (Phi) is 5.93. The first-order valence-corrected chi connectivity index (χ1v) is 15.1. The average Bonchev–Trinajstić information content (AvgIpc) is 3.64. The number of halogens is 3. The summed E-state index contributed by atoms with van der Waals surface area (Å²) in [6, 6.07) is 9.75. The molecule has 7 rings (SSSR count). The predicted molar refractivity (Wildman–Crippen MR) is 146 cm³/mol. The van der Waals surface area contributed by atoms with Gasteiger partial charge in [-0.3, -0.25) is 14.5 Å². The van der Waals surface area contributed by atoms with E-state index in [-0.39, 0.29) is 40.4 Å². The number of carbonyl (C=O) groups excluding carboxylic acids is 2. The molecule has 4 aliphatic rings.